The minimum Gasteiger partial charge on any atom is -0.480 e. The Kier molecular flexibility index (Phi) is 4.13. The highest BCUT2D eigenvalue weighted by molar-refractivity contribution is 8.00. The summed E-state index contributed by atoms with van der Waals surface area (Å²) in [5.41, 5.74) is 0.895. The predicted octanol–water partition coefficient (Wildman–Crippen LogP) is 2.79. The Balaban J connectivity index is 2.86. The molecule has 0 aliphatic rings. The van der Waals surface area contributed by atoms with Gasteiger partial charge in [-0.15, -0.1) is 11.8 Å². The van der Waals surface area contributed by atoms with Crippen LogP contribution in [0.1, 0.15) is 25.0 Å². The summed E-state index contributed by atoms with van der Waals surface area (Å²) in [7, 11) is 0. The third kappa shape index (κ3) is 3.46. The second kappa shape index (κ2) is 5.19. The first-order chi connectivity index (χ1) is 7.86. The molecule has 0 saturated carbocycles. The minimum atomic E-state index is -0.959. The number of hydrogen-bond acceptors (Lipinski definition) is 3. The lowest BCUT2D eigenvalue weighted by atomic mass is 10.1. The number of aliphatic carboxylic acids is 1. The summed E-state index contributed by atoms with van der Waals surface area (Å²) < 4.78 is 12.1. The van der Waals surface area contributed by atoms with E-state index in [-0.39, 0.29) is 0 Å². The van der Waals surface area contributed by atoms with Crippen LogP contribution < -0.4 is 0 Å². The lowest BCUT2D eigenvalue weighted by molar-refractivity contribution is -0.138. The van der Waals surface area contributed by atoms with Gasteiger partial charge in [-0.2, -0.15) is 5.26 Å². The molecule has 0 aliphatic carbocycles. The lowest BCUT2D eigenvalue weighted by Crippen LogP contribution is -2.27. The highest BCUT2D eigenvalue weighted by Crippen LogP contribution is 2.29. The van der Waals surface area contributed by atoms with E-state index in [1.54, 1.807) is 13.8 Å². The summed E-state index contributed by atoms with van der Waals surface area (Å²) in [6.45, 7) is 3.15. The topological polar surface area (TPSA) is 61.1 Å². The number of carboxylic acids is 1. The van der Waals surface area contributed by atoms with Gasteiger partial charge in [0, 0.05) is 5.75 Å². The van der Waals surface area contributed by atoms with Gasteiger partial charge in [0.25, 0.3) is 0 Å². The van der Waals surface area contributed by atoms with Gasteiger partial charge >= 0.3 is 5.97 Å². The summed E-state index contributed by atoms with van der Waals surface area (Å²) in [6.07, 6.45) is 0. The smallest absolute Gasteiger partial charge is 0.319 e. The maximum Gasteiger partial charge on any atom is 0.319 e. The standard InChI is InChI=1S/C12H12FNO2S/c1-12(2,11(15)16)17-7-9-5-10(13)4-3-8(9)6-14/h3-5H,7H2,1-2H3,(H,15,16). The molecule has 0 heterocycles. The van der Waals surface area contributed by atoms with Crippen LogP contribution in [0.15, 0.2) is 18.2 Å². The van der Waals surface area contributed by atoms with Crippen molar-refractivity contribution in [3.63, 3.8) is 0 Å². The lowest BCUT2D eigenvalue weighted by Gasteiger charge is -2.18. The Bertz CT molecular complexity index is 480. The number of nitrogens with zero attached hydrogens (tertiary/aromatic N) is 1. The molecule has 1 N–H and O–H groups in total. The fourth-order valence-electron chi connectivity index (χ4n) is 1.11. The van der Waals surface area contributed by atoms with Crippen LogP contribution in [0.2, 0.25) is 0 Å². The van der Waals surface area contributed by atoms with Crippen molar-refractivity contribution in [3.8, 4) is 6.07 Å². The van der Waals surface area contributed by atoms with E-state index in [4.69, 9.17) is 10.4 Å². The van der Waals surface area contributed by atoms with Gasteiger partial charge in [0.05, 0.1) is 11.6 Å². The van der Waals surface area contributed by atoms with E-state index in [1.807, 2.05) is 6.07 Å². The molecule has 0 amide bonds. The van der Waals surface area contributed by atoms with Gasteiger partial charge in [0.2, 0.25) is 0 Å². The normalized spacial score (nSPS) is 10.9. The van der Waals surface area contributed by atoms with Crippen LogP contribution in [0.4, 0.5) is 4.39 Å². The number of carbonyl (C=O) groups is 1. The second-order valence-electron chi connectivity index (χ2n) is 4.02. The molecule has 0 saturated heterocycles. The van der Waals surface area contributed by atoms with Gasteiger partial charge in [-0.25, -0.2) is 4.39 Å². The van der Waals surface area contributed by atoms with Crippen molar-refractivity contribution >= 4 is 17.7 Å². The predicted molar refractivity (Wildman–Crippen MR) is 64.1 cm³/mol. The zero-order valence-electron chi connectivity index (χ0n) is 9.53. The van der Waals surface area contributed by atoms with Crippen molar-refractivity contribution in [3.05, 3.63) is 35.1 Å². The molecule has 17 heavy (non-hydrogen) atoms. The van der Waals surface area contributed by atoms with E-state index in [1.165, 1.54) is 18.2 Å². The largest absolute Gasteiger partial charge is 0.480 e. The minimum absolute atomic E-state index is 0.292. The summed E-state index contributed by atoms with van der Waals surface area (Å²) in [5, 5.41) is 17.8. The number of hydrogen-bond donors (Lipinski definition) is 1. The first-order valence-corrected chi connectivity index (χ1v) is 5.91. The van der Waals surface area contributed by atoms with E-state index in [2.05, 4.69) is 0 Å². The van der Waals surface area contributed by atoms with E-state index >= 15 is 0 Å². The third-order valence-electron chi connectivity index (χ3n) is 2.29. The molecule has 0 spiro atoms. The van der Waals surface area contributed by atoms with Crippen molar-refractivity contribution < 1.29 is 14.3 Å². The summed E-state index contributed by atoms with van der Waals surface area (Å²) in [5.74, 6) is -1.06. The highest BCUT2D eigenvalue weighted by Gasteiger charge is 2.27. The molecule has 0 bridgehead atoms. The molecule has 90 valence electrons. The molecule has 3 nitrogen and oxygen atoms in total. The Morgan fingerprint density at radius 3 is 2.76 bits per heavy atom. The molecule has 0 aromatic heterocycles. The molecular formula is C12H12FNO2S. The molecule has 0 unspecified atom stereocenters. The third-order valence-corrected chi connectivity index (χ3v) is 3.64. The molecule has 1 rings (SSSR count). The average molecular weight is 253 g/mol. The van der Waals surface area contributed by atoms with Crippen LogP contribution in [0, 0.1) is 17.1 Å². The van der Waals surface area contributed by atoms with Crippen LogP contribution in [0.5, 0.6) is 0 Å². The number of nitriles is 1. The van der Waals surface area contributed by atoms with Gasteiger partial charge in [-0.1, -0.05) is 0 Å². The summed E-state index contributed by atoms with van der Waals surface area (Å²) in [6, 6.07) is 5.85. The van der Waals surface area contributed by atoms with E-state index < -0.39 is 16.5 Å². The van der Waals surface area contributed by atoms with Gasteiger partial charge in [0.1, 0.15) is 10.6 Å². The number of thioether (sulfide) groups is 1. The van der Waals surface area contributed by atoms with E-state index in [9.17, 15) is 9.18 Å². The van der Waals surface area contributed by atoms with Crippen LogP contribution in [0.3, 0.4) is 0 Å². The fourth-order valence-corrected chi connectivity index (χ4v) is 1.99. The van der Waals surface area contributed by atoms with Crippen molar-refractivity contribution in [1.82, 2.24) is 0 Å². The molecule has 5 heteroatoms. The number of halogens is 1. The monoisotopic (exact) mass is 253 g/mol. The molecule has 1 aromatic carbocycles. The van der Waals surface area contributed by atoms with Gasteiger partial charge in [-0.3, -0.25) is 4.79 Å². The quantitative estimate of drug-likeness (QED) is 0.896. The molecular weight excluding hydrogens is 241 g/mol. The van der Waals surface area contributed by atoms with Gasteiger partial charge < -0.3 is 5.11 Å². The Morgan fingerprint density at radius 2 is 2.24 bits per heavy atom. The van der Waals surface area contributed by atoms with Gasteiger partial charge in [-0.05, 0) is 37.6 Å². The molecule has 0 radical (unpaired) electrons. The van der Waals surface area contributed by atoms with Crippen LogP contribution in [-0.2, 0) is 10.5 Å². The fraction of sp³-hybridized carbons (Fsp3) is 0.333. The maximum absolute atomic E-state index is 13.0. The summed E-state index contributed by atoms with van der Waals surface area (Å²) in [4.78, 5) is 10.9. The van der Waals surface area contributed by atoms with Crippen molar-refractivity contribution in [2.45, 2.75) is 24.3 Å². The Morgan fingerprint density at radius 1 is 1.59 bits per heavy atom. The Labute approximate surface area is 103 Å². The second-order valence-corrected chi connectivity index (χ2v) is 5.62. The average Bonchev–Trinajstić information content (AvgIpc) is 2.26. The van der Waals surface area contributed by atoms with E-state index in [0.29, 0.717) is 16.9 Å². The van der Waals surface area contributed by atoms with Crippen LogP contribution in [-0.4, -0.2) is 15.8 Å². The first kappa shape index (κ1) is 13.5. The maximum atomic E-state index is 13.0. The first-order valence-electron chi connectivity index (χ1n) is 4.92. The number of carboxylic acid groups (broad SMARTS) is 1. The zero-order chi connectivity index (χ0) is 13.1. The van der Waals surface area contributed by atoms with Crippen LogP contribution in [0.25, 0.3) is 0 Å². The Hall–Kier alpha value is -1.54. The molecule has 0 aliphatic heterocycles. The zero-order valence-corrected chi connectivity index (χ0v) is 10.3. The highest BCUT2D eigenvalue weighted by atomic mass is 32.2. The molecule has 1 aromatic rings. The number of rotatable bonds is 4. The van der Waals surface area contributed by atoms with Gasteiger partial charge in [0.15, 0.2) is 0 Å². The van der Waals surface area contributed by atoms with E-state index in [0.717, 1.165) is 11.8 Å². The molecule has 0 fully saturated rings. The molecule has 0 atom stereocenters. The van der Waals surface area contributed by atoms with Crippen molar-refractivity contribution in [2.75, 3.05) is 0 Å². The number of benzene rings is 1. The summed E-state index contributed by atoms with van der Waals surface area (Å²) >= 11 is 1.16. The SMILES string of the molecule is CC(C)(SCc1cc(F)ccc1C#N)C(=O)O. The van der Waals surface area contributed by atoms with Crippen molar-refractivity contribution in [2.24, 2.45) is 0 Å². The van der Waals surface area contributed by atoms with Crippen LogP contribution >= 0.6 is 11.8 Å². The van der Waals surface area contributed by atoms with Crippen molar-refractivity contribution in [1.29, 1.82) is 5.26 Å².